The van der Waals surface area contributed by atoms with Crippen LogP contribution in [0.3, 0.4) is 0 Å². The molecule has 2 aromatic rings. The Bertz CT molecular complexity index is 932. The molecule has 0 fully saturated rings. The Hall–Kier alpha value is -3.27. The van der Waals surface area contributed by atoms with Crippen molar-refractivity contribution in [3.8, 4) is 11.5 Å². The second kappa shape index (κ2) is 9.60. The zero-order valence-corrected chi connectivity index (χ0v) is 16.2. The number of carbonyl (C=O) groups is 2. The summed E-state index contributed by atoms with van der Waals surface area (Å²) in [7, 11) is -2.09. The minimum absolute atomic E-state index is 0.211. The molecule has 0 aliphatic heterocycles. The van der Waals surface area contributed by atoms with Crippen molar-refractivity contribution in [3.63, 3.8) is 0 Å². The first kappa shape index (κ1) is 21.0. The number of nitrogens with one attached hydrogen (secondary N) is 3. The van der Waals surface area contributed by atoms with E-state index >= 15 is 0 Å². The molecule has 0 saturated heterocycles. The van der Waals surface area contributed by atoms with Gasteiger partial charge in [0.05, 0.1) is 25.6 Å². The van der Waals surface area contributed by atoms with Crippen LogP contribution in [0.25, 0.3) is 0 Å². The molecule has 3 N–H and O–H groups in total. The van der Waals surface area contributed by atoms with Crippen LogP contribution in [-0.4, -0.2) is 46.7 Å². The number of rotatable bonds is 9. The zero-order valence-electron chi connectivity index (χ0n) is 15.4. The highest BCUT2D eigenvalue weighted by Gasteiger charge is 2.11. The molecule has 0 saturated carbocycles. The van der Waals surface area contributed by atoms with Crippen LogP contribution in [0.5, 0.6) is 11.5 Å². The largest absolute Gasteiger partial charge is 0.494 e. The highest BCUT2D eigenvalue weighted by atomic mass is 32.2. The first-order chi connectivity index (χ1) is 13.3. The van der Waals surface area contributed by atoms with E-state index in [0.717, 1.165) is 6.26 Å². The number of carbonyl (C=O) groups excluding carboxylic acids is 2. The molecule has 0 aliphatic rings. The van der Waals surface area contributed by atoms with E-state index in [-0.39, 0.29) is 24.6 Å². The smallest absolute Gasteiger partial charge is 0.258 e. The number of ether oxygens (including phenoxy) is 2. The van der Waals surface area contributed by atoms with Crippen molar-refractivity contribution in [1.82, 2.24) is 5.32 Å². The molecule has 10 heteroatoms. The van der Waals surface area contributed by atoms with E-state index in [1.807, 2.05) is 6.07 Å². The van der Waals surface area contributed by atoms with Crippen LogP contribution in [-0.2, 0) is 19.6 Å². The summed E-state index contributed by atoms with van der Waals surface area (Å²) in [6.07, 6.45) is 1.02. The average Bonchev–Trinajstić information content (AvgIpc) is 2.65. The Labute approximate surface area is 163 Å². The monoisotopic (exact) mass is 407 g/mol. The van der Waals surface area contributed by atoms with Crippen molar-refractivity contribution < 1.29 is 27.5 Å². The van der Waals surface area contributed by atoms with Crippen LogP contribution in [0, 0.1) is 0 Å². The van der Waals surface area contributed by atoms with Gasteiger partial charge in [-0.3, -0.25) is 14.3 Å². The molecule has 0 bridgehead atoms. The van der Waals surface area contributed by atoms with E-state index in [1.165, 1.54) is 25.3 Å². The fourth-order valence-corrected chi connectivity index (χ4v) is 2.72. The van der Waals surface area contributed by atoms with Gasteiger partial charge in [-0.25, -0.2) is 8.42 Å². The van der Waals surface area contributed by atoms with E-state index in [0.29, 0.717) is 11.4 Å². The fourth-order valence-electron chi connectivity index (χ4n) is 2.15. The van der Waals surface area contributed by atoms with Crippen LogP contribution in [0.15, 0.2) is 48.5 Å². The highest BCUT2D eigenvalue weighted by molar-refractivity contribution is 7.92. The summed E-state index contributed by atoms with van der Waals surface area (Å²) in [5, 5.41) is 5.03. The van der Waals surface area contributed by atoms with Gasteiger partial charge in [0, 0.05) is 11.8 Å². The molecule has 0 aromatic heterocycles. The van der Waals surface area contributed by atoms with E-state index in [9.17, 15) is 18.0 Å². The summed E-state index contributed by atoms with van der Waals surface area (Å²) < 4.78 is 35.4. The molecular weight excluding hydrogens is 386 g/mol. The van der Waals surface area contributed by atoms with E-state index in [4.69, 9.17) is 9.47 Å². The number of para-hydroxylation sites is 1. The maximum atomic E-state index is 12.0. The summed E-state index contributed by atoms with van der Waals surface area (Å²) in [5.74, 6) is -0.108. The maximum absolute atomic E-state index is 12.0. The molecule has 28 heavy (non-hydrogen) atoms. The molecule has 2 aromatic carbocycles. The van der Waals surface area contributed by atoms with Gasteiger partial charge in [0.2, 0.25) is 15.9 Å². The molecule has 150 valence electrons. The van der Waals surface area contributed by atoms with Gasteiger partial charge in [-0.15, -0.1) is 0 Å². The van der Waals surface area contributed by atoms with Gasteiger partial charge in [0.15, 0.2) is 6.61 Å². The molecule has 0 spiro atoms. The van der Waals surface area contributed by atoms with E-state index in [1.54, 1.807) is 24.3 Å². The third kappa shape index (κ3) is 7.16. The van der Waals surface area contributed by atoms with Gasteiger partial charge >= 0.3 is 0 Å². The summed E-state index contributed by atoms with van der Waals surface area (Å²) in [6, 6.07) is 13.3. The number of benzene rings is 2. The van der Waals surface area contributed by atoms with Crippen molar-refractivity contribution in [2.24, 2.45) is 0 Å². The Kier molecular flexibility index (Phi) is 7.21. The quantitative estimate of drug-likeness (QED) is 0.574. The first-order valence-electron chi connectivity index (χ1n) is 8.17. The summed E-state index contributed by atoms with van der Waals surface area (Å²) in [5.41, 5.74) is 0.630. The lowest BCUT2D eigenvalue weighted by Gasteiger charge is -2.12. The lowest BCUT2D eigenvalue weighted by atomic mass is 10.2. The van der Waals surface area contributed by atoms with E-state index in [2.05, 4.69) is 15.4 Å². The van der Waals surface area contributed by atoms with E-state index < -0.39 is 21.8 Å². The number of sulfonamides is 1. The molecule has 2 amide bonds. The van der Waals surface area contributed by atoms with Gasteiger partial charge in [-0.1, -0.05) is 18.2 Å². The predicted octanol–water partition coefficient (Wildman–Crippen LogP) is 1.20. The Morgan fingerprint density at radius 1 is 1.04 bits per heavy atom. The van der Waals surface area contributed by atoms with Crippen molar-refractivity contribution in [2.75, 3.05) is 36.6 Å². The lowest BCUT2D eigenvalue weighted by molar-refractivity contribution is -0.125. The SMILES string of the molecule is COc1cc(NC(=O)CNC(=O)COc2ccccc2)ccc1NS(C)(=O)=O. The predicted molar refractivity (Wildman–Crippen MR) is 105 cm³/mol. The topological polar surface area (TPSA) is 123 Å². The van der Waals surface area contributed by atoms with Crippen LogP contribution in [0.1, 0.15) is 0 Å². The first-order valence-corrected chi connectivity index (χ1v) is 10.1. The number of methoxy groups -OCH3 is 1. The van der Waals surface area contributed by atoms with Crippen molar-refractivity contribution in [2.45, 2.75) is 0 Å². The molecule has 0 unspecified atom stereocenters. The molecule has 2 rings (SSSR count). The highest BCUT2D eigenvalue weighted by Crippen LogP contribution is 2.28. The molecule has 9 nitrogen and oxygen atoms in total. The minimum atomic E-state index is -3.47. The van der Waals surface area contributed by atoms with Crippen molar-refractivity contribution in [1.29, 1.82) is 0 Å². The normalized spacial score (nSPS) is 10.6. The van der Waals surface area contributed by atoms with Crippen LogP contribution in [0.2, 0.25) is 0 Å². The number of amides is 2. The van der Waals surface area contributed by atoms with Crippen molar-refractivity contribution in [3.05, 3.63) is 48.5 Å². The third-order valence-corrected chi connectivity index (χ3v) is 3.93. The van der Waals surface area contributed by atoms with Gasteiger partial charge < -0.3 is 20.1 Å². The summed E-state index contributed by atoms with van der Waals surface area (Å²) >= 11 is 0. The van der Waals surface area contributed by atoms with Gasteiger partial charge in [-0.2, -0.15) is 0 Å². The number of anilines is 2. The Morgan fingerprint density at radius 2 is 1.75 bits per heavy atom. The minimum Gasteiger partial charge on any atom is -0.494 e. The lowest BCUT2D eigenvalue weighted by Crippen LogP contribution is -2.35. The summed E-state index contributed by atoms with van der Waals surface area (Å²) in [6.45, 7) is -0.459. The third-order valence-electron chi connectivity index (χ3n) is 3.34. The number of hydrogen-bond acceptors (Lipinski definition) is 6. The van der Waals surface area contributed by atoms with Crippen LogP contribution < -0.4 is 24.8 Å². The standard InChI is InChI=1S/C18H21N3O6S/c1-26-16-10-13(8-9-15(16)21-28(2,24)25)20-17(22)11-19-18(23)12-27-14-6-4-3-5-7-14/h3-10,21H,11-12H2,1-2H3,(H,19,23)(H,20,22). The Morgan fingerprint density at radius 3 is 2.39 bits per heavy atom. The van der Waals surface area contributed by atoms with Crippen molar-refractivity contribution >= 4 is 33.2 Å². The molecule has 0 atom stereocenters. The zero-order chi connectivity index (χ0) is 20.6. The second-order valence-electron chi connectivity index (χ2n) is 5.72. The number of hydrogen-bond donors (Lipinski definition) is 3. The summed E-state index contributed by atoms with van der Waals surface area (Å²) in [4.78, 5) is 23.7. The molecule has 0 aliphatic carbocycles. The van der Waals surface area contributed by atoms with Crippen LogP contribution in [0.4, 0.5) is 11.4 Å². The van der Waals surface area contributed by atoms with Gasteiger partial charge in [-0.05, 0) is 24.3 Å². The van der Waals surface area contributed by atoms with Gasteiger partial charge in [0.1, 0.15) is 11.5 Å². The fraction of sp³-hybridized carbons (Fsp3) is 0.222. The average molecular weight is 407 g/mol. The molecule has 0 heterocycles. The maximum Gasteiger partial charge on any atom is 0.258 e. The second-order valence-corrected chi connectivity index (χ2v) is 7.46. The Balaban J connectivity index is 1.84. The van der Waals surface area contributed by atoms with Crippen LogP contribution >= 0.6 is 0 Å². The van der Waals surface area contributed by atoms with Gasteiger partial charge in [0.25, 0.3) is 5.91 Å². The molecule has 0 radical (unpaired) electrons. The molecular formula is C18H21N3O6S.